The lowest BCUT2D eigenvalue weighted by Gasteiger charge is -2.08. The first kappa shape index (κ1) is 17.0. The minimum Gasteiger partial charge on any atom is -0.330 e. The van der Waals surface area contributed by atoms with Gasteiger partial charge in [0.2, 0.25) is 0 Å². The maximum absolute atomic E-state index is 6.05. The van der Waals surface area contributed by atoms with Crippen LogP contribution in [0.1, 0.15) is 0 Å². The van der Waals surface area contributed by atoms with Crippen molar-refractivity contribution >= 4 is 34.9 Å². The van der Waals surface area contributed by atoms with E-state index in [0.717, 1.165) is 33.8 Å². The average Bonchev–Trinajstić information content (AvgIpc) is 3.29. The minimum absolute atomic E-state index is 0.626. The molecule has 0 aliphatic carbocycles. The van der Waals surface area contributed by atoms with Gasteiger partial charge in [-0.1, -0.05) is 54.1 Å². The van der Waals surface area contributed by atoms with Gasteiger partial charge in [-0.3, -0.25) is 4.57 Å². The Morgan fingerprint density at radius 2 is 1.57 bits per heavy atom. The van der Waals surface area contributed by atoms with Gasteiger partial charge in [-0.2, -0.15) is 5.10 Å². The van der Waals surface area contributed by atoms with Crippen LogP contribution in [0.5, 0.6) is 0 Å². The van der Waals surface area contributed by atoms with Crippen LogP contribution < -0.4 is 0 Å². The van der Waals surface area contributed by atoms with E-state index in [2.05, 4.69) is 4.98 Å². The van der Waals surface area contributed by atoms with Crippen molar-refractivity contribution in [3.8, 4) is 22.8 Å². The molecule has 0 saturated carbocycles. The molecule has 0 unspecified atom stereocenters. The monoisotopic (exact) mass is 402 g/mol. The summed E-state index contributed by atoms with van der Waals surface area (Å²) in [6.45, 7) is 0. The molecule has 28 heavy (non-hydrogen) atoms. The van der Waals surface area contributed by atoms with Crippen molar-refractivity contribution in [3.05, 3.63) is 94.7 Å². The highest BCUT2D eigenvalue weighted by Gasteiger charge is 2.16. The summed E-state index contributed by atoms with van der Waals surface area (Å²) in [5.74, 6) is 0.874. The second kappa shape index (κ2) is 6.78. The number of fused-ring (bicyclic) bond motifs is 1. The number of benzene rings is 3. The molecular weight excluding hydrogens is 388 g/mol. The van der Waals surface area contributed by atoms with Gasteiger partial charge in [0.05, 0.1) is 22.4 Å². The van der Waals surface area contributed by atoms with Gasteiger partial charge in [0.15, 0.2) is 4.77 Å². The number of para-hydroxylation sites is 3. The molecule has 6 heteroatoms. The molecule has 0 atom stereocenters. The van der Waals surface area contributed by atoms with E-state index >= 15 is 0 Å². The average molecular weight is 403 g/mol. The molecule has 2 aromatic heterocycles. The number of nitrogens with zero attached hydrogens (tertiary/aromatic N) is 3. The Morgan fingerprint density at radius 1 is 0.857 bits per heavy atom. The van der Waals surface area contributed by atoms with Crippen LogP contribution in [0.25, 0.3) is 33.8 Å². The molecule has 4 nitrogen and oxygen atoms in total. The fraction of sp³-hybridized carbons (Fsp3) is 0. The summed E-state index contributed by atoms with van der Waals surface area (Å²) >= 11 is 11.7. The highest BCUT2D eigenvalue weighted by molar-refractivity contribution is 7.71. The van der Waals surface area contributed by atoms with Crippen molar-refractivity contribution in [2.75, 3.05) is 0 Å². The Labute approximate surface area is 171 Å². The topological polar surface area (TPSA) is 38.5 Å². The fourth-order valence-corrected chi connectivity index (χ4v) is 3.76. The van der Waals surface area contributed by atoms with E-state index < -0.39 is 0 Å². The summed E-state index contributed by atoms with van der Waals surface area (Å²) < 4.78 is 4.56. The van der Waals surface area contributed by atoms with E-state index in [1.54, 1.807) is 0 Å². The molecular formula is C22H15ClN4S. The molecule has 0 fully saturated rings. The maximum atomic E-state index is 6.05. The first-order valence-electron chi connectivity index (χ1n) is 8.82. The fourth-order valence-electron chi connectivity index (χ4n) is 3.33. The Balaban J connectivity index is 1.80. The Morgan fingerprint density at radius 3 is 2.36 bits per heavy atom. The molecule has 0 amide bonds. The van der Waals surface area contributed by atoms with Crippen molar-refractivity contribution in [1.82, 2.24) is 19.3 Å². The van der Waals surface area contributed by atoms with Crippen LogP contribution in [0.4, 0.5) is 0 Å². The molecule has 0 bridgehead atoms. The van der Waals surface area contributed by atoms with Gasteiger partial charge in [0, 0.05) is 16.7 Å². The highest BCUT2D eigenvalue weighted by Crippen LogP contribution is 2.28. The Hall–Kier alpha value is -3.15. The zero-order valence-corrected chi connectivity index (χ0v) is 16.3. The molecule has 0 aliphatic rings. The SMILES string of the molecule is S=c1[nH]c2ccccc2n1-c1cc(-c2ccc(Cl)cc2)nn1-c1ccccc1. The first-order chi connectivity index (χ1) is 13.7. The second-order valence-electron chi connectivity index (χ2n) is 6.42. The van der Waals surface area contributed by atoms with E-state index in [0.29, 0.717) is 9.79 Å². The summed E-state index contributed by atoms with van der Waals surface area (Å²) in [5.41, 5.74) is 4.80. The predicted octanol–water partition coefficient (Wildman–Crippen LogP) is 6.19. The van der Waals surface area contributed by atoms with Gasteiger partial charge in [-0.05, 0) is 48.6 Å². The quantitative estimate of drug-likeness (QED) is 0.365. The van der Waals surface area contributed by atoms with Crippen LogP contribution in [0, 0.1) is 4.77 Å². The Bertz CT molecular complexity index is 1330. The van der Waals surface area contributed by atoms with E-state index in [1.807, 2.05) is 94.2 Å². The van der Waals surface area contributed by atoms with Gasteiger partial charge < -0.3 is 4.98 Å². The largest absolute Gasteiger partial charge is 0.330 e. The van der Waals surface area contributed by atoms with Gasteiger partial charge in [0.25, 0.3) is 0 Å². The maximum Gasteiger partial charge on any atom is 0.183 e. The Kier molecular flexibility index (Phi) is 4.11. The van der Waals surface area contributed by atoms with Gasteiger partial charge in [0.1, 0.15) is 5.82 Å². The number of imidazole rings is 1. The molecule has 2 heterocycles. The summed E-state index contributed by atoms with van der Waals surface area (Å²) in [7, 11) is 0. The molecule has 0 spiro atoms. The lowest BCUT2D eigenvalue weighted by atomic mass is 10.1. The van der Waals surface area contributed by atoms with Crippen molar-refractivity contribution < 1.29 is 0 Å². The summed E-state index contributed by atoms with van der Waals surface area (Å²) in [5, 5.41) is 5.58. The standard InChI is InChI=1S/C22H15ClN4S/c23-16-12-10-15(11-13-16)19-14-21(27(25-19)17-6-2-1-3-7-17)26-20-9-5-4-8-18(20)24-22(26)28/h1-14H,(H,24,28). The molecule has 0 aliphatic heterocycles. The van der Waals surface area contributed by atoms with E-state index in [4.69, 9.17) is 28.9 Å². The summed E-state index contributed by atoms with van der Waals surface area (Å²) in [6.07, 6.45) is 0. The van der Waals surface area contributed by atoms with Gasteiger partial charge >= 0.3 is 0 Å². The zero-order chi connectivity index (χ0) is 19.1. The minimum atomic E-state index is 0.626. The number of H-pyrrole nitrogens is 1. The van der Waals surface area contributed by atoms with Crippen LogP contribution in [-0.2, 0) is 0 Å². The van der Waals surface area contributed by atoms with Gasteiger partial charge in [-0.15, -0.1) is 0 Å². The van der Waals surface area contributed by atoms with Crippen molar-refractivity contribution in [1.29, 1.82) is 0 Å². The summed E-state index contributed by atoms with van der Waals surface area (Å²) in [4.78, 5) is 3.28. The lowest BCUT2D eigenvalue weighted by molar-refractivity contribution is 0.827. The van der Waals surface area contributed by atoms with Crippen LogP contribution in [0.15, 0.2) is 84.9 Å². The normalized spacial score (nSPS) is 11.2. The molecule has 5 aromatic rings. The smallest absolute Gasteiger partial charge is 0.183 e. The lowest BCUT2D eigenvalue weighted by Crippen LogP contribution is -2.05. The molecule has 5 rings (SSSR count). The zero-order valence-electron chi connectivity index (χ0n) is 14.7. The summed E-state index contributed by atoms with van der Waals surface area (Å²) in [6, 6.07) is 27.8. The number of rotatable bonds is 3. The third-order valence-corrected chi connectivity index (χ3v) is 5.19. The first-order valence-corrected chi connectivity index (χ1v) is 9.61. The van der Waals surface area contributed by atoms with E-state index in [9.17, 15) is 0 Å². The third-order valence-electron chi connectivity index (χ3n) is 4.65. The third kappa shape index (κ3) is 2.85. The highest BCUT2D eigenvalue weighted by atomic mass is 35.5. The van der Waals surface area contributed by atoms with E-state index in [-0.39, 0.29) is 0 Å². The van der Waals surface area contributed by atoms with Crippen LogP contribution in [0.2, 0.25) is 5.02 Å². The molecule has 0 radical (unpaired) electrons. The van der Waals surface area contributed by atoms with Crippen molar-refractivity contribution in [2.45, 2.75) is 0 Å². The molecule has 136 valence electrons. The number of hydrogen-bond donors (Lipinski definition) is 1. The number of halogens is 1. The van der Waals surface area contributed by atoms with Crippen LogP contribution >= 0.6 is 23.8 Å². The predicted molar refractivity (Wildman–Crippen MR) is 116 cm³/mol. The second-order valence-corrected chi connectivity index (χ2v) is 7.25. The van der Waals surface area contributed by atoms with Crippen molar-refractivity contribution in [2.24, 2.45) is 0 Å². The number of aromatic nitrogens is 4. The van der Waals surface area contributed by atoms with Crippen molar-refractivity contribution in [3.63, 3.8) is 0 Å². The number of nitrogens with one attached hydrogen (secondary N) is 1. The number of hydrogen-bond acceptors (Lipinski definition) is 2. The molecule has 3 aromatic carbocycles. The van der Waals surface area contributed by atoms with Crippen LogP contribution in [-0.4, -0.2) is 19.3 Å². The number of aromatic amines is 1. The van der Waals surface area contributed by atoms with Gasteiger partial charge in [-0.25, -0.2) is 4.68 Å². The molecule has 0 saturated heterocycles. The molecule has 1 N–H and O–H groups in total. The van der Waals surface area contributed by atoms with Crippen LogP contribution in [0.3, 0.4) is 0 Å². The van der Waals surface area contributed by atoms with E-state index in [1.165, 1.54) is 0 Å².